The topological polar surface area (TPSA) is 33.5 Å². The summed E-state index contributed by atoms with van der Waals surface area (Å²) in [6.45, 7) is 13.6. The van der Waals surface area contributed by atoms with E-state index in [1.807, 2.05) is 136 Å². The van der Waals surface area contributed by atoms with Gasteiger partial charge >= 0.3 is 0 Å². The van der Waals surface area contributed by atoms with Gasteiger partial charge in [-0.05, 0) is 86.5 Å². The Bertz CT molecular complexity index is 4080. The summed E-state index contributed by atoms with van der Waals surface area (Å²) in [6.07, 6.45) is 1.82. The molecule has 5 nitrogen and oxygen atoms in total. The van der Waals surface area contributed by atoms with Crippen molar-refractivity contribution < 1.29 is 52.1 Å². The fourth-order valence-corrected chi connectivity index (χ4v) is 10.5. The number of aromatic nitrogens is 2. The first kappa shape index (κ1) is 53.6. The Balaban J connectivity index is 0.00000675. The molecule has 0 spiro atoms. The van der Waals surface area contributed by atoms with Crippen LogP contribution < -0.4 is 14.5 Å². The maximum Gasteiger partial charge on any atom is 0.136 e. The first-order valence-corrected chi connectivity index (χ1v) is 25.7. The van der Waals surface area contributed by atoms with E-state index in [2.05, 4.69) is 55.7 Å². The summed E-state index contributed by atoms with van der Waals surface area (Å²) in [6, 6.07) is 57.5. The summed E-state index contributed by atoms with van der Waals surface area (Å²) in [5.41, 5.74) is 5.75. The molecule has 12 heteroatoms. The van der Waals surface area contributed by atoms with Crippen LogP contribution in [-0.2, 0) is 31.9 Å². The number of fused-ring (bicyclic) bond motifs is 4. The van der Waals surface area contributed by atoms with Crippen molar-refractivity contribution >= 4 is 44.6 Å². The van der Waals surface area contributed by atoms with Gasteiger partial charge in [0.25, 0.3) is 0 Å². The van der Waals surface area contributed by atoms with Crippen LogP contribution in [-0.4, -0.2) is 9.55 Å². The Morgan fingerprint density at radius 2 is 1.01 bits per heavy atom. The van der Waals surface area contributed by atoms with E-state index in [0.29, 0.717) is 58.4 Å². The Morgan fingerprint density at radius 3 is 1.61 bits per heavy atom. The van der Waals surface area contributed by atoms with Crippen molar-refractivity contribution in [3.05, 3.63) is 247 Å². The van der Waals surface area contributed by atoms with E-state index in [1.165, 1.54) is 0 Å². The van der Waals surface area contributed by atoms with Crippen molar-refractivity contribution in [2.45, 2.75) is 52.4 Å². The van der Waals surface area contributed by atoms with Crippen LogP contribution in [0.4, 0.5) is 49.1 Å². The average Bonchev–Trinajstić information content (AvgIpc) is 3.96. The van der Waals surface area contributed by atoms with E-state index in [9.17, 15) is 8.78 Å². The molecule has 9 aromatic carbocycles. The zero-order chi connectivity index (χ0) is 55.1. The fourth-order valence-electron chi connectivity index (χ4n) is 10.5. The van der Waals surface area contributed by atoms with E-state index in [-0.39, 0.29) is 43.3 Å². The van der Waals surface area contributed by atoms with Gasteiger partial charge in [0.15, 0.2) is 0 Å². The van der Waals surface area contributed by atoms with E-state index < -0.39 is 51.4 Å². The number of para-hydroxylation sites is 3. The van der Waals surface area contributed by atoms with Gasteiger partial charge in [0.05, 0.1) is 11.1 Å². The third kappa shape index (κ3) is 9.82. The smallest absolute Gasteiger partial charge is 0.136 e. The molecule has 11 aromatic rings. The molecule has 0 radical (unpaired) electrons. The Hall–Kier alpha value is -8.40. The summed E-state index contributed by atoms with van der Waals surface area (Å²) in [5, 5.41) is 1.96. The zero-order valence-electron chi connectivity index (χ0n) is 44.2. The molecule has 0 saturated carbocycles. The molecule has 0 saturated heterocycles. The van der Waals surface area contributed by atoms with Crippen molar-refractivity contribution in [3.8, 4) is 61.8 Å². The fraction of sp³-hybridized carbons (Fsp3) is 0.118. The SMILES string of the molecule is CC(C)(C)c1ccnc(-n2c3[c-]c(Oc4[c-]c(N5[CH-]N(c6c(-c7c(F)cc(F)cc7F)cc(C(C)(C)C)cc6-c6c(F)cc(F)cc6F)c6ccccc65)cc(-c5ccc(-c6ccccc6)cc5)c4)ccc3c3ccccc32)c1.[Pt]. The molecule has 1 aliphatic rings. The molecule has 2 aromatic heterocycles. The van der Waals surface area contributed by atoms with Gasteiger partial charge in [-0.3, -0.25) is 0 Å². The van der Waals surface area contributed by atoms with Crippen molar-refractivity contribution in [3.63, 3.8) is 0 Å². The number of anilines is 4. The molecular formula is C68H49F6N4OPt-3. The van der Waals surface area contributed by atoms with Crippen molar-refractivity contribution in [1.29, 1.82) is 0 Å². The first-order valence-electron chi connectivity index (χ1n) is 25.7. The van der Waals surface area contributed by atoms with Gasteiger partial charge < -0.3 is 19.1 Å². The largest absolute Gasteiger partial charge is 0.509 e. The molecular weight excluding hydrogens is 1200 g/mol. The first-order chi connectivity index (χ1) is 37.9. The zero-order valence-corrected chi connectivity index (χ0v) is 46.5. The maximum atomic E-state index is 16.4. The van der Waals surface area contributed by atoms with E-state index in [4.69, 9.17) is 9.72 Å². The molecule has 0 amide bonds. The Morgan fingerprint density at radius 1 is 0.475 bits per heavy atom. The van der Waals surface area contributed by atoms with Crippen LogP contribution in [0.1, 0.15) is 52.7 Å². The number of benzene rings is 9. The molecule has 0 atom stereocenters. The monoisotopic (exact) mass is 1250 g/mol. The van der Waals surface area contributed by atoms with Crippen LogP contribution in [0.5, 0.6) is 11.5 Å². The standard InChI is InChI=1S/C68H49F6N4O.Pt/c1-67(2,3)44-26-27-75-63(32-44)78-59-17-11-10-16-51(59)52-25-24-49(38-62(52)78)79-50-29-43(42-22-20-41(21-23-42)40-14-8-7-9-15-40)28-48(37-50)76-39-77(61-19-13-12-18-60(61)76)66-53(64-55(71)33-46(69)34-56(64)72)30-45(68(4,5)6)31-54(66)65-57(73)35-47(70)36-58(65)74;/h7-36,39H,1-6H3;/q-3;. The van der Waals surface area contributed by atoms with Gasteiger partial charge in [-0.1, -0.05) is 132 Å². The van der Waals surface area contributed by atoms with Gasteiger partial charge in [-0.15, -0.1) is 53.6 Å². The molecule has 0 unspecified atom stereocenters. The van der Waals surface area contributed by atoms with Crippen LogP contribution in [0, 0.1) is 53.7 Å². The van der Waals surface area contributed by atoms with Crippen LogP contribution in [0.15, 0.2) is 182 Å². The maximum absolute atomic E-state index is 16.4. The van der Waals surface area contributed by atoms with Crippen LogP contribution in [0.25, 0.3) is 72.1 Å². The van der Waals surface area contributed by atoms with Crippen LogP contribution in [0.2, 0.25) is 0 Å². The van der Waals surface area contributed by atoms with Gasteiger partial charge in [0.1, 0.15) is 40.7 Å². The number of nitrogens with zero attached hydrogens (tertiary/aromatic N) is 4. The minimum atomic E-state index is -1.24. The van der Waals surface area contributed by atoms with Gasteiger partial charge in [0.2, 0.25) is 0 Å². The second kappa shape index (κ2) is 20.7. The summed E-state index contributed by atoms with van der Waals surface area (Å²) < 4.78 is 104. The number of hydrogen-bond acceptors (Lipinski definition) is 4. The van der Waals surface area contributed by atoms with E-state index in [0.717, 1.165) is 55.4 Å². The van der Waals surface area contributed by atoms with Crippen LogP contribution in [0.3, 0.4) is 0 Å². The molecule has 0 fully saturated rings. The molecule has 12 rings (SSSR count). The second-order valence-electron chi connectivity index (χ2n) is 21.8. The Labute approximate surface area is 474 Å². The minimum Gasteiger partial charge on any atom is -0.509 e. The quantitative estimate of drug-likeness (QED) is 0.107. The number of halogens is 6. The molecule has 0 N–H and O–H groups in total. The molecule has 0 aliphatic carbocycles. The molecule has 402 valence electrons. The van der Waals surface area contributed by atoms with E-state index in [1.54, 1.807) is 40.7 Å². The molecule has 3 heterocycles. The van der Waals surface area contributed by atoms with Crippen molar-refractivity contribution in [1.82, 2.24) is 9.55 Å². The van der Waals surface area contributed by atoms with Gasteiger partial charge in [-0.25, -0.2) is 31.3 Å². The summed E-state index contributed by atoms with van der Waals surface area (Å²) in [4.78, 5) is 8.22. The number of rotatable bonds is 9. The summed E-state index contributed by atoms with van der Waals surface area (Å²) in [5.74, 6) is -5.87. The molecule has 1 aliphatic heterocycles. The Kier molecular flexibility index (Phi) is 13.9. The normalized spacial score (nSPS) is 12.6. The number of pyridine rings is 1. The predicted octanol–water partition coefficient (Wildman–Crippen LogP) is 19.1. The predicted molar refractivity (Wildman–Crippen MR) is 303 cm³/mol. The van der Waals surface area contributed by atoms with Gasteiger partial charge in [-0.2, -0.15) is 6.07 Å². The molecule has 0 bridgehead atoms. The second-order valence-corrected chi connectivity index (χ2v) is 21.8. The third-order valence-corrected chi connectivity index (χ3v) is 14.4. The van der Waals surface area contributed by atoms with Gasteiger partial charge in [0, 0.05) is 96.7 Å². The number of hydrogen-bond donors (Lipinski definition) is 0. The summed E-state index contributed by atoms with van der Waals surface area (Å²) >= 11 is 0. The average molecular weight is 1250 g/mol. The summed E-state index contributed by atoms with van der Waals surface area (Å²) in [7, 11) is 0. The van der Waals surface area contributed by atoms with Crippen molar-refractivity contribution in [2.24, 2.45) is 0 Å². The van der Waals surface area contributed by atoms with Crippen LogP contribution >= 0.6 is 0 Å². The van der Waals surface area contributed by atoms with E-state index >= 15 is 17.6 Å². The minimum absolute atomic E-state index is 0. The third-order valence-electron chi connectivity index (χ3n) is 14.4. The van der Waals surface area contributed by atoms with Crippen molar-refractivity contribution in [2.75, 3.05) is 9.80 Å². The molecule has 80 heavy (non-hydrogen) atoms. The number of ether oxygens (including phenoxy) is 1.